The van der Waals surface area contributed by atoms with Crippen molar-refractivity contribution >= 4 is 38.6 Å². The summed E-state index contributed by atoms with van der Waals surface area (Å²) in [6.45, 7) is 10.9. The Kier molecular flexibility index (Phi) is 6.21. The van der Waals surface area contributed by atoms with Crippen LogP contribution in [0.2, 0.25) is 5.02 Å². The molecule has 0 aliphatic carbocycles. The summed E-state index contributed by atoms with van der Waals surface area (Å²) in [6.07, 6.45) is 3.32. The first-order chi connectivity index (χ1) is 16.0. The number of fused-ring (bicyclic) bond motifs is 1. The smallest absolute Gasteiger partial charge is 0.206 e. The van der Waals surface area contributed by atoms with Crippen molar-refractivity contribution in [2.24, 2.45) is 15.1 Å². The molecule has 8 nitrogen and oxygen atoms in total. The van der Waals surface area contributed by atoms with Crippen LogP contribution in [0.3, 0.4) is 0 Å². The van der Waals surface area contributed by atoms with Gasteiger partial charge in [0.25, 0.3) is 0 Å². The molecule has 0 fully saturated rings. The molecule has 3 unspecified atom stereocenters. The van der Waals surface area contributed by atoms with Crippen molar-refractivity contribution < 1.29 is 13.4 Å². The fourth-order valence-electron chi connectivity index (χ4n) is 4.40. The first-order valence-electron chi connectivity index (χ1n) is 10.8. The van der Waals surface area contributed by atoms with E-state index in [4.69, 9.17) is 23.9 Å². The Morgan fingerprint density at radius 1 is 1.35 bits per heavy atom. The Labute approximate surface area is 202 Å². The number of amidine groups is 1. The quantitative estimate of drug-likeness (QED) is 0.496. The molecule has 0 amide bonds. The maximum atomic E-state index is 15.0. The predicted molar refractivity (Wildman–Crippen MR) is 129 cm³/mol. The largest absolute Gasteiger partial charge is 0.386 e. The van der Waals surface area contributed by atoms with Gasteiger partial charge in [-0.25, -0.2) is 17.8 Å². The van der Waals surface area contributed by atoms with E-state index in [1.807, 2.05) is 6.92 Å². The molecule has 0 bridgehead atoms. The van der Waals surface area contributed by atoms with E-state index in [1.54, 1.807) is 6.92 Å². The summed E-state index contributed by atoms with van der Waals surface area (Å²) in [5, 5.41) is 0.0589. The minimum absolute atomic E-state index is 0.00358. The van der Waals surface area contributed by atoms with Crippen molar-refractivity contribution in [3.63, 3.8) is 0 Å². The molecule has 4 heterocycles. The molecule has 0 spiro atoms. The second kappa shape index (κ2) is 8.71. The van der Waals surface area contributed by atoms with Crippen LogP contribution in [0.25, 0.3) is 4.85 Å². The molecule has 2 aliphatic rings. The van der Waals surface area contributed by atoms with Crippen LogP contribution in [-0.2, 0) is 21.7 Å². The average Bonchev–Trinajstić information content (AvgIpc) is 2.93. The standard InChI is InChI=1S/C23H24ClFN6O2S/c1-22(13-34(33)23(2,21(26)31-22)8-4-5-9-29-34)20-17(25)7-6-14(30-20)11-18(32)19-16(24)10-15(27-3)12-28-19/h6-7,10,12H,4-5,8-9,11,13H2,1-2H3,(H2,26,31). The summed E-state index contributed by atoms with van der Waals surface area (Å²) in [7, 11) is -2.84. The minimum atomic E-state index is -2.84. The molecule has 0 saturated carbocycles. The Morgan fingerprint density at radius 2 is 2.12 bits per heavy atom. The van der Waals surface area contributed by atoms with Crippen LogP contribution >= 0.6 is 11.6 Å². The van der Waals surface area contributed by atoms with Crippen LogP contribution in [-0.4, -0.2) is 42.8 Å². The van der Waals surface area contributed by atoms with Crippen LogP contribution in [0.4, 0.5) is 10.1 Å². The minimum Gasteiger partial charge on any atom is -0.386 e. The molecule has 0 aromatic carbocycles. The highest BCUT2D eigenvalue weighted by Crippen LogP contribution is 2.41. The molecule has 2 N–H and O–H groups in total. The third-order valence-electron chi connectivity index (χ3n) is 6.43. The summed E-state index contributed by atoms with van der Waals surface area (Å²) in [5.41, 5.74) is 5.51. The average molecular weight is 503 g/mol. The van der Waals surface area contributed by atoms with Crippen molar-refractivity contribution in [1.29, 1.82) is 0 Å². The molecular formula is C23H24ClFN6O2S. The Bertz CT molecular complexity index is 1380. The monoisotopic (exact) mass is 502 g/mol. The fraction of sp³-hybridized carbons (Fsp3) is 0.435. The zero-order valence-corrected chi connectivity index (χ0v) is 20.4. The van der Waals surface area contributed by atoms with Crippen LogP contribution in [0, 0.1) is 12.4 Å². The van der Waals surface area contributed by atoms with Crippen molar-refractivity contribution in [3.05, 3.63) is 63.7 Å². The predicted octanol–water partition coefficient (Wildman–Crippen LogP) is 4.24. The number of carbonyl (C=O) groups excluding carboxylic acids is 1. The van der Waals surface area contributed by atoms with Gasteiger partial charge < -0.3 is 5.73 Å². The molecule has 4 rings (SSSR count). The van der Waals surface area contributed by atoms with Gasteiger partial charge in [-0.05, 0) is 51.3 Å². The number of ketones is 1. The zero-order valence-electron chi connectivity index (χ0n) is 18.8. The van der Waals surface area contributed by atoms with E-state index in [-0.39, 0.29) is 45.8 Å². The van der Waals surface area contributed by atoms with Crippen LogP contribution in [0.5, 0.6) is 0 Å². The number of pyridine rings is 2. The summed E-state index contributed by atoms with van der Waals surface area (Å²) in [6, 6.07) is 3.98. The van der Waals surface area contributed by atoms with Gasteiger partial charge in [-0.1, -0.05) is 11.6 Å². The maximum Gasteiger partial charge on any atom is 0.206 e. The van der Waals surface area contributed by atoms with Gasteiger partial charge in [0.1, 0.15) is 33.3 Å². The number of rotatable bonds is 4. The number of hydrogen-bond donors (Lipinski definition) is 1. The van der Waals surface area contributed by atoms with Gasteiger partial charge in [-0.15, -0.1) is 0 Å². The van der Waals surface area contributed by atoms with E-state index < -0.39 is 31.6 Å². The van der Waals surface area contributed by atoms with Gasteiger partial charge in [0, 0.05) is 18.4 Å². The molecule has 2 aromatic rings. The van der Waals surface area contributed by atoms with Crippen molar-refractivity contribution in [2.75, 3.05) is 12.3 Å². The Morgan fingerprint density at radius 3 is 2.82 bits per heavy atom. The molecule has 0 radical (unpaired) electrons. The maximum absolute atomic E-state index is 15.0. The van der Waals surface area contributed by atoms with Crippen molar-refractivity contribution in [3.8, 4) is 0 Å². The van der Waals surface area contributed by atoms with Crippen molar-refractivity contribution in [2.45, 2.75) is 49.8 Å². The topological polar surface area (TPSA) is 115 Å². The number of hydrogen-bond acceptors (Lipinski definition) is 7. The van der Waals surface area contributed by atoms with Crippen LogP contribution < -0.4 is 5.73 Å². The van der Waals surface area contributed by atoms with Gasteiger partial charge in [0.15, 0.2) is 5.78 Å². The van der Waals surface area contributed by atoms with E-state index >= 15 is 4.39 Å². The number of halogens is 2. The zero-order chi connectivity index (χ0) is 24.7. The molecule has 2 aliphatic heterocycles. The van der Waals surface area contributed by atoms with Gasteiger partial charge >= 0.3 is 0 Å². The first kappa shape index (κ1) is 24.2. The lowest BCUT2D eigenvalue weighted by atomic mass is 9.96. The molecule has 34 heavy (non-hydrogen) atoms. The van der Waals surface area contributed by atoms with Crippen LogP contribution in [0.1, 0.15) is 55.0 Å². The second-order valence-electron chi connectivity index (χ2n) is 8.97. The highest BCUT2D eigenvalue weighted by molar-refractivity contribution is 7.95. The van der Waals surface area contributed by atoms with E-state index in [0.717, 1.165) is 12.8 Å². The van der Waals surface area contributed by atoms with Gasteiger partial charge in [-0.3, -0.25) is 19.8 Å². The lowest BCUT2D eigenvalue weighted by Gasteiger charge is -2.41. The lowest BCUT2D eigenvalue weighted by molar-refractivity contribution is 0.0987. The number of nitrogens with two attached hydrogens (primary N) is 1. The highest BCUT2D eigenvalue weighted by atomic mass is 35.5. The number of carbonyl (C=O) groups is 1. The SMILES string of the molecule is [C-]#[N+]c1cnc(C(=O)Cc2ccc(F)c(C3(C)CS4(=O)=NCCCCC4(C)C(N)=N3)n2)c(Cl)c1. The molecule has 11 heteroatoms. The van der Waals surface area contributed by atoms with E-state index in [2.05, 4.69) is 24.2 Å². The number of nitrogens with zero attached hydrogens (tertiary/aromatic N) is 5. The lowest BCUT2D eigenvalue weighted by Crippen LogP contribution is -2.56. The molecule has 178 valence electrons. The summed E-state index contributed by atoms with van der Waals surface area (Å²) < 4.78 is 32.7. The van der Waals surface area contributed by atoms with E-state index in [0.29, 0.717) is 13.0 Å². The molecule has 3 atom stereocenters. The van der Waals surface area contributed by atoms with Crippen molar-refractivity contribution in [1.82, 2.24) is 9.97 Å². The Balaban J connectivity index is 1.71. The fourth-order valence-corrected chi connectivity index (χ4v) is 7.59. The third-order valence-corrected chi connectivity index (χ3v) is 10.1. The second-order valence-corrected chi connectivity index (χ2v) is 12.1. The molecule has 2 aromatic heterocycles. The van der Waals surface area contributed by atoms with E-state index in [1.165, 1.54) is 24.4 Å². The van der Waals surface area contributed by atoms with Crippen LogP contribution in [0.15, 0.2) is 33.8 Å². The number of aromatic nitrogens is 2. The molecule has 0 saturated heterocycles. The summed E-state index contributed by atoms with van der Waals surface area (Å²) in [4.78, 5) is 29.0. The first-order valence-corrected chi connectivity index (χ1v) is 12.9. The van der Waals surface area contributed by atoms with Gasteiger partial charge in [0.2, 0.25) is 5.69 Å². The normalized spacial score (nSPS) is 28.6. The van der Waals surface area contributed by atoms with E-state index in [9.17, 15) is 9.00 Å². The Hall–Kier alpha value is -2.90. The number of Topliss-reactive ketones (excluding diaryl/α,β-unsaturated/α-hetero) is 1. The number of aliphatic imine (C=N–C) groups is 1. The molecular weight excluding hydrogens is 479 g/mol. The summed E-state index contributed by atoms with van der Waals surface area (Å²) >= 11 is 6.11. The highest BCUT2D eigenvalue weighted by Gasteiger charge is 2.51. The third kappa shape index (κ3) is 4.07. The summed E-state index contributed by atoms with van der Waals surface area (Å²) in [5.74, 6) is -0.881. The van der Waals surface area contributed by atoms with Gasteiger partial charge in [-0.2, -0.15) is 0 Å². The van der Waals surface area contributed by atoms with Gasteiger partial charge in [0.05, 0.1) is 33.5 Å².